The van der Waals surface area contributed by atoms with Gasteiger partial charge in [0.25, 0.3) is 11.8 Å². The number of carbonyl (C=O) groups is 4. The molecule has 0 spiro atoms. The Hall–Kier alpha value is -6.35. The first-order chi connectivity index (χ1) is 39.3. The second-order valence-corrected chi connectivity index (χ2v) is 30.1. The summed E-state index contributed by atoms with van der Waals surface area (Å²) >= 11 is 18.5. The fraction of sp³-hybridized carbons (Fsp3) is 0.475. The summed E-state index contributed by atoms with van der Waals surface area (Å²) in [5, 5.41) is -0.322. The van der Waals surface area contributed by atoms with E-state index in [0.717, 1.165) is 41.0 Å². The quantitative estimate of drug-likeness (QED) is 0.0360. The lowest BCUT2D eigenvalue weighted by atomic mass is 9.98. The number of nitrogens with zero attached hydrogens (tertiary/aromatic N) is 5. The molecule has 4 atom stereocenters. The zero-order valence-corrected chi connectivity index (χ0v) is 52.5. The summed E-state index contributed by atoms with van der Waals surface area (Å²) in [4.78, 5) is 66.5. The largest absolute Gasteiger partial charge is 0.494 e. The first-order valence-electron chi connectivity index (χ1n) is 28.0. The summed E-state index contributed by atoms with van der Waals surface area (Å²) in [6.45, 7) is 15.6. The Kier molecular flexibility index (Phi) is 19.8. The molecule has 4 amide bonds. The van der Waals surface area contributed by atoms with E-state index in [2.05, 4.69) is 38.8 Å². The van der Waals surface area contributed by atoms with Gasteiger partial charge in [0.05, 0.1) is 81.3 Å². The van der Waals surface area contributed by atoms with E-state index in [-0.39, 0.29) is 59.1 Å². The lowest BCUT2D eigenvalue weighted by Gasteiger charge is -2.44. The number of methoxy groups -OCH3 is 2. The lowest BCUT2D eigenvalue weighted by molar-refractivity contribution is 0.0585. The van der Waals surface area contributed by atoms with Gasteiger partial charge in [-0.05, 0) is 143 Å². The van der Waals surface area contributed by atoms with Gasteiger partial charge in [0.15, 0.2) is 37.5 Å². The van der Waals surface area contributed by atoms with Gasteiger partial charge in [-0.3, -0.25) is 14.5 Å². The molecular formula is C61H77Cl3N6O12Si. The predicted molar refractivity (Wildman–Crippen MR) is 327 cm³/mol. The number of unbranched alkanes of at least 4 members (excludes halogenated alkanes) is 2. The molecule has 22 heteroatoms. The number of anilines is 3. The third kappa shape index (κ3) is 14.3. The number of nitrogen functional groups attached to an aromatic ring is 1. The van der Waals surface area contributed by atoms with Crippen molar-refractivity contribution in [3.05, 3.63) is 107 Å². The molecule has 0 radical (unpaired) electrons. The Labute approximate surface area is 503 Å². The van der Waals surface area contributed by atoms with Crippen LogP contribution < -0.4 is 39.2 Å². The molecular weight excluding hydrogens is 1140 g/mol. The molecule has 0 saturated carbocycles. The topological polar surface area (TPSA) is 184 Å². The van der Waals surface area contributed by atoms with Gasteiger partial charge in [-0.1, -0.05) is 79.8 Å². The minimum absolute atomic E-state index is 0.137. The second kappa shape index (κ2) is 26.3. The summed E-state index contributed by atoms with van der Waals surface area (Å²) in [7, 11) is 4.27. The van der Waals surface area contributed by atoms with Crippen molar-refractivity contribution in [3.63, 3.8) is 0 Å². The van der Waals surface area contributed by atoms with Crippen LogP contribution in [0.25, 0.3) is 11.1 Å². The van der Waals surface area contributed by atoms with Crippen LogP contribution >= 0.6 is 34.8 Å². The van der Waals surface area contributed by atoms with Crippen molar-refractivity contribution in [1.29, 1.82) is 0 Å². The van der Waals surface area contributed by atoms with Gasteiger partial charge in [-0.2, -0.15) is 0 Å². The molecule has 0 aliphatic carbocycles. The van der Waals surface area contributed by atoms with Crippen molar-refractivity contribution in [3.8, 4) is 28.7 Å². The normalized spacial score (nSPS) is 18.8. The Balaban J connectivity index is 1.02. The summed E-state index contributed by atoms with van der Waals surface area (Å²) in [6, 6.07) is 20.1. The maximum absolute atomic E-state index is 15.1. The Morgan fingerprint density at radius 2 is 1.23 bits per heavy atom. The number of nitrogens with two attached hydrogens (primary N) is 1. The number of rotatable bonds is 21. The summed E-state index contributed by atoms with van der Waals surface area (Å²) in [5.41, 5.74) is 11.2. The molecule has 2 N–H and O–H groups in total. The molecule has 0 unspecified atom stereocenters. The van der Waals surface area contributed by atoms with Crippen LogP contribution in [-0.2, 0) is 13.9 Å². The van der Waals surface area contributed by atoms with E-state index in [1.807, 2.05) is 81.9 Å². The van der Waals surface area contributed by atoms with Gasteiger partial charge < -0.3 is 58.0 Å². The number of fused-ring (bicyclic) bond motifs is 4. The molecule has 0 aromatic heterocycles. The third-order valence-corrected chi connectivity index (χ3v) is 20.5. The van der Waals surface area contributed by atoms with Crippen LogP contribution in [-0.4, -0.2) is 143 Å². The van der Waals surface area contributed by atoms with E-state index >= 15 is 4.79 Å². The summed E-state index contributed by atoms with van der Waals surface area (Å²) < 4.78 is 47.1. The Bertz CT molecular complexity index is 3090. The summed E-state index contributed by atoms with van der Waals surface area (Å²) in [5.74, 6) is 1.25. The van der Waals surface area contributed by atoms with Crippen LogP contribution in [0, 0.1) is 0 Å². The van der Waals surface area contributed by atoms with Crippen LogP contribution in [0.5, 0.6) is 28.7 Å². The highest BCUT2D eigenvalue weighted by molar-refractivity contribution is 6.74. The van der Waals surface area contributed by atoms with E-state index in [1.165, 1.54) is 24.0 Å². The SMILES string of the molecule is CCOC(=O)N1c2cc(OCCCCCOc3cc4c(cc3OC)C(=O)N3C=C(c5ccc(OCCCN(C)C)cc5)C[C@H]3[C@H](O[Si](C)(C)C(C)(C)C)N4C(=O)OCC(Cl)(Cl)Cl)c(OC)cc2C(=O)N2C=C(c3cccc(N)c3)C[C@H]2[C@@H]1C. The Morgan fingerprint density at radius 1 is 0.687 bits per heavy atom. The first-order valence-corrected chi connectivity index (χ1v) is 32.1. The molecule has 18 nitrogen and oxygen atoms in total. The van der Waals surface area contributed by atoms with Gasteiger partial charge in [0.2, 0.25) is 3.79 Å². The van der Waals surface area contributed by atoms with E-state index in [4.69, 9.17) is 78.1 Å². The second-order valence-electron chi connectivity index (χ2n) is 22.8. The van der Waals surface area contributed by atoms with E-state index in [0.29, 0.717) is 61.6 Å². The number of ether oxygens (including phenoxy) is 7. The summed E-state index contributed by atoms with van der Waals surface area (Å²) in [6.07, 6.45) is 4.61. The fourth-order valence-corrected chi connectivity index (χ4v) is 11.8. The molecule has 8 rings (SSSR count). The average Bonchev–Trinajstić information content (AvgIpc) is 2.19. The molecule has 4 aliphatic heterocycles. The zero-order chi connectivity index (χ0) is 60.1. The number of amides is 4. The first kappa shape index (κ1) is 62.7. The Morgan fingerprint density at radius 3 is 1.77 bits per heavy atom. The molecule has 448 valence electrons. The smallest absolute Gasteiger partial charge is 0.416 e. The van der Waals surface area contributed by atoms with Crippen molar-refractivity contribution in [2.75, 3.05) is 83.4 Å². The number of carbonyl (C=O) groups excluding carboxylic acids is 4. The molecule has 4 heterocycles. The zero-order valence-electron chi connectivity index (χ0n) is 49.2. The molecule has 83 heavy (non-hydrogen) atoms. The number of hydrogen-bond donors (Lipinski definition) is 1. The molecule has 0 saturated heterocycles. The highest BCUT2D eigenvalue weighted by Gasteiger charge is 2.52. The van der Waals surface area contributed by atoms with Crippen LogP contribution in [0.2, 0.25) is 18.1 Å². The maximum atomic E-state index is 15.1. The van der Waals surface area contributed by atoms with E-state index in [1.54, 1.807) is 41.0 Å². The molecule has 4 aromatic rings. The van der Waals surface area contributed by atoms with Crippen LogP contribution in [0.4, 0.5) is 26.7 Å². The van der Waals surface area contributed by atoms with Gasteiger partial charge in [-0.15, -0.1) is 0 Å². The van der Waals surface area contributed by atoms with Gasteiger partial charge in [0, 0.05) is 36.8 Å². The third-order valence-electron chi connectivity index (χ3n) is 15.8. The predicted octanol–water partition coefficient (Wildman–Crippen LogP) is 12.8. The van der Waals surface area contributed by atoms with Crippen molar-refractivity contribution < 1.29 is 56.8 Å². The molecule has 0 bridgehead atoms. The molecule has 4 aromatic carbocycles. The van der Waals surface area contributed by atoms with Gasteiger partial charge in [-0.25, -0.2) is 14.5 Å². The van der Waals surface area contributed by atoms with E-state index < -0.39 is 61.2 Å². The van der Waals surface area contributed by atoms with E-state index in [9.17, 15) is 14.4 Å². The molecule has 4 aliphatic rings. The highest BCUT2D eigenvalue weighted by Crippen LogP contribution is 2.48. The highest BCUT2D eigenvalue weighted by atomic mass is 35.6. The van der Waals surface area contributed by atoms with Crippen molar-refractivity contribution in [2.24, 2.45) is 0 Å². The lowest BCUT2D eigenvalue weighted by Crippen LogP contribution is -2.58. The van der Waals surface area contributed by atoms with Crippen LogP contribution in [0.1, 0.15) is 105 Å². The van der Waals surface area contributed by atoms with Gasteiger partial charge in [0.1, 0.15) is 12.4 Å². The number of alkyl halides is 3. The molecule has 0 fully saturated rings. The van der Waals surface area contributed by atoms with Gasteiger partial charge >= 0.3 is 12.2 Å². The van der Waals surface area contributed by atoms with Crippen LogP contribution in [0.15, 0.2) is 85.2 Å². The monoisotopic (exact) mass is 1220 g/mol. The number of halogens is 3. The maximum Gasteiger partial charge on any atom is 0.416 e. The van der Waals surface area contributed by atoms with Crippen molar-refractivity contribution in [2.45, 2.75) is 119 Å². The minimum Gasteiger partial charge on any atom is -0.494 e. The average molecular weight is 1220 g/mol. The van der Waals surface area contributed by atoms with Crippen molar-refractivity contribution in [1.82, 2.24) is 14.7 Å². The number of benzene rings is 4. The fourth-order valence-electron chi connectivity index (χ4n) is 10.4. The van der Waals surface area contributed by atoms with Crippen molar-refractivity contribution >= 4 is 95.3 Å². The minimum atomic E-state index is -2.76. The van der Waals surface area contributed by atoms with Crippen LogP contribution in [0.3, 0.4) is 0 Å². The standard InChI is InChI=1S/C61H77Cl3N6O12Si/c1-12-77-58(73)69-38(2)47-29-42(40-18-16-19-43(65)28-40)36-67(47)55(71)45-31-51(75-8)53(33-48(45)69)79-25-14-13-15-26-80-54-34-49-46(32-52(54)76-9)56(72)68-35-41(39-20-22-44(23-21-39)78-27-17-24-66(6)7)30-50(68)57(82-83(10,11)60(3,4)5)70(49)59(74)81-37-61(62,63)64/h16,18-23,28,31-36,38,47,50,57H,12-15,17,24-27,29-30,37,65H2,1-11H3/t38-,47-,50-,57-/m0/s1. The number of hydrogen-bond acceptors (Lipinski definition) is 14.